The second-order valence-corrected chi connectivity index (χ2v) is 4.30. The zero-order chi connectivity index (χ0) is 11.2. The van der Waals surface area contributed by atoms with Gasteiger partial charge in [-0.05, 0) is 38.2 Å². The van der Waals surface area contributed by atoms with Crippen molar-refractivity contribution in [3.05, 3.63) is 18.0 Å². The van der Waals surface area contributed by atoms with E-state index in [2.05, 4.69) is 18.2 Å². The number of hydrogen-bond donors (Lipinski definition) is 0. The summed E-state index contributed by atoms with van der Waals surface area (Å²) in [5.74, 6) is 0. The lowest BCUT2D eigenvalue weighted by Gasteiger charge is -2.22. The standard InChI is InChI=1S/C12H20N2O2/c1-11-9-13-14(10-11)6-4-8-16-12-5-2-3-7-15-12/h9-10,12H,2-8H2,1H3. The molecule has 1 atom stereocenters. The second-order valence-electron chi connectivity index (χ2n) is 4.30. The lowest BCUT2D eigenvalue weighted by molar-refractivity contribution is -0.163. The zero-order valence-electron chi connectivity index (χ0n) is 9.89. The monoisotopic (exact) mass is 224 g/mol. The summed E-state index contributed by atoms with van der Waals surface area (Å²) >= 11 is 0. The third-order valence-electron chi connectivity index (χ3n) is 2.74. The largest absolute Gasteiger partial charge is 0.353 e. The summed E-state index contributed by atoms with van der Waals surface area (Å²) in [6, 6.07) is 0. The smallest absolute Gasteiger partial charge is 0.157 e. The van der Waals surface area contributed by atoms with Gasteiger partial charge in [-0.15, -0.1) is 0 Å². The molecule has 1 aromatic rings. The normalized spacial score (nSPS) is 21.2. The Morgan fingerprint density at radius 3 is 3.19 bits per heavy atom. The molecule has 0 aromatic carbocycles. The van der Waals surface area contributed by atoms with E-state index in [1.807, 2.05) is 10.9 Å². The van der Waals surface area contributed by atoms with Crippen LogP contribution in [-0.4, -0.2) is 29.3 Å². The molecule has 1 saturated heterocycles. The van der Waals surface area contributed by atoms with Crippen molar-refractivity contribution in [1.82, 2.24) is 9.78 Å². The minimum atomic E-state index is 0.0353. The fourth-order valence-electron chi connectivity index (χ4n) is 1.87. The Bertz CT molecular complexity index is 306. The molecule has 4 heteroatoms. The maximum absolute atomic E-state index is 5.65. The predicted octanol–water partition coefficient (Wildman–Crippen LogP) is 2.12. The van der Waals surface area contributed by atoms with E-state index in [0.717, 1.165) is 32.6 Å². The van der Waals surface area contributed by atoms with Gasteiger partial charge < -0.3 is 9.47 Å². The van der Waals surface area contributed by atoms with Crippen molar-refractivity contribution < 1.29 is 9.47 Å². The highest BCUT2D eigenvalue weighted by Crippen LogP contribution is 2.13. The summed E-state index contributed by atoms with van der Waals surface area (Å²) in [5.41, 5.74) is 1.21. The van der Waals surface area contributed by atoms with Crippen LogP contribution in [0.25, 0.3) is 0 Å². The van der Waals surface area contributed by atoms with Gasteiger partial charge in [0, 0.05) is 19.3 Å². The van der Waals surface area contributed by atoms with Crippen LogP contribution in [-0.2, 0) is 16.0 Å². The van der Waals surface area contributed by atoms with E-state index in [0.29, 0.717) is 0 Å². The van der Waals surface area contributed by atoms with Crippen molar-refractivity contribution in [3.8, 4) is 0 Å². The SMILES string of the molecule is Cc1cnn(CCCOC2CCCCO2)c1. The minimum absolute atomic E-state index is 0.0353. The summed E-state index contributed by atoms with van der Waals surface area (Å²) in [4.78, 5) is 0. The number of aryl methyl sites for hydroxylation is 2. The molecule has 0 saturated carbocycles. The number of aromatic nitrogens is 2. The molecule has 0 amide bonds. The van der Waals surface area contributed by atoms with Crippen molar-refractivity contribution in [1.29, 1.82) is 0 Å². The van der Waals surface area contributed by atoms with Crippen molar-refractivity contribution in [3.63, 3.8) is 0 Å². The molecule has 1 aliphatic rings. The molecule has 1 aliphatic heterocycles. The summed E-state index contributed by atoms with van der Waals surface area (Å²) < 4.78 is 13.1. The molecule has 0 N–H and O–H groups in total. The van der Waals surface area contributed by atoms with Crippen LogP contribution in [0.4, 0.5) is 0 Å². The van der Waals surface area contributed by atoms with Gasteiger partial charge in [-0.3, -0.25) is 4.68 Å². The first kappa shape index (κ1) is 11.6. The third-order valence-corrected chi connectivity index (χ3v) is 2.74. The Hall–Kier alpha value is -0.870. The van der Waals surface area contributed by atoms with E-state index in [9.17, 15) is 0 Å². The highest BCUT2D eigenvalue weighted by molar-refractivity contribution is 4.99. The van der Waals surface area contributed by atoms with Gasteiger partial charge >= 0.3 is 0 Å². The van der Waals surface area contributed by atoms with Gasteiger partial charge in [0.05, 0.1) is 12.8 Å². The first-order valence-electron chi connectivity index (χ1n) is 6.07. The molecule has 1 unspecified atom stereocenters. The van der Waals surface area contributed by atoms with Crippen LogP contribution in [0.2, 0.25) is 0 Å². The molecule has 4 nitrogen and oxygen atoms in total. The number of nitrogens with zero attached hydrogens (tertiary/aromatic N) is 2. The van der Waals surface area contributed by atoms with Crippen LogP contribution in [0, 0.1) is 6.92 Å². The Labute approximate surface area is 96.5 Å². The summed E-state index contributed by atoms with van der Waals surface area (Å²) in [6.07, 6.45) is 8.40. The second kappa shape index (κ2) is 6.01. The highest BCUT2D eigenvalue weighted by Gasteiger charge is 2.13. The van der Waals surface area contributed by atoms with Gasteiger partial charge in [-0.2, -0.15) is 5.10 Å². The molecule has 2 heterocycles. The van der Waals surface area contributed by atoms with Crippen molar-refractivity contribution in [2.75, 3.05) is 13.2 Å². The van der Waals surface area contributed by atoms with Crippen LogP contribution >= 0.6 is 0 Å². The lowest BCUT2D eigenvalue weighted by Crippen LogP contribution is -2.23. The molecule has 90 valence electrons. The Morgan fingerprint density at radius 1 is 1.56 bits per heavy atom. The van der Waals surface area contributed by atoms with E-state index in [4.69, 9.17) is 9.47 Å². The van der Waals surface area contributed by atoms with E-state index in [1.54, 1.807) is 0 Å². The highest BCUT2D eigenvalue weighted by atomic mass is 16.7. The number of rotatable bonds is 5. The van der Waals surface area contributed by atoms with Gasteiger partial charge in [-0.25, -0.2) is 0 Å². The van der Waals surface area contributed by atoms with Crippen LogP contribution in [0.15, 0.2) is 12.4 Å². The summed E-state index contributed by atoms with van der Waals surface area (Å²) in [7, 11) is 0. The number of hydrogen-bond acceptors (Lipinski definition) is 3. The average Bonchev–Trinajstić information content (AvgIpc) is 2.72. The average molecular weight is 224 g/mol. The fourth-order valence-corrected chi connectivity index (χ4v) is 1.87. The minimum Gasteiger partial charge on any atom is -0.353 e. The Balaban J connectivity index is 1.57. The van der Waals surface area contributed by atoms with Gasteiger partial charge in [-0.1, -0.05) is 0 Å². The van der Waals surface area contributed by atoms with Gasteiger partial charge in [0.1, 0.15) is 0 Å². The van der Waals surface area contributed by atoms with Gasteiger partial charge in [0.2, 0.25) is 0 Å². The molecular weight excluding hydrogens is 204 g/mol. The molecule has 0 radical (unpaired) electrons. The molecule has 0 aliphatic carbocycles. The zero-order valence-corrected chi connectivity index (χ0v) is 9.89. The van der Waals surface area contributed by atoms with E-state index >= 15 is 0 Å². The van der Waals surface area contributed by atoms with Crippen molar-refractivity contribution in [2.45, 2.75) is 45.4 Å². The topological polar surface area (TPSA) is 36.3 Å². The van der Waals surface area contributed by atoms with E-state index in [-0.39, 0.29) is 6.29 Å². The van der Waals surface area contributed by atoms with Crippen molar-refractivity contribution in [2.24, 2.45) is 0 Å². The van der Waals surface area contributed by atoms with Crippen LogP contribution in [0.1, 0.15) is 31.2 Å². The third kappa shape index (κ3) is 3.61. The molecule has 16 heavy (non-hydrogen) atoms. The molecular formula is C12H20N2O2. The maximum atomic E-state index is 5.65. The van der Waals surface area contributed by atoms with E-state index < -0.39 is 0 Å². The van der Waals surface area contributed by atoms with Crippen molar-refractivity contribution >= 4 is 0 Å². The fraction of sp³-hybridized carbons (Fsp3) is 0.750. The van der Waals surface area contributed by atoms with Gasteiger partial charge in [0.15, 0.2) is 6.29 Å². The molecule has 0 bridgehead atoms. The Kier molecular flexibility index (Phi) is 4.36. The molecule has 0 spiro atoms. The number of ether oxygens (including phenoxy) is 2. The first-order chi connectivity index (χ1) is 7.84. The van der Waals surface area contributed by atoms with Crippen LogP contribution in [0.5, 0.6) is 0 Å². The quantitative estimate of drug-likeness (QED) is 0.719. The van der Waals surface area contributed by atoms with Crippen LogP contribution < -0.4 is 0 Å². The first-order valence-corrected chi connectivity index (χ1v) is 6.07. The van der Waals surface area contributed by atoms with Crippen LogP contribution in [0.3, 0.4) is 0 Å². The summed E-state index contributed by atoms with van der Waals surface area (Å²) in [6.45, 7) is 4.57. The maximum Gasteiger partial charge on any atom is 0.157 e. The van der Waals surface area contributed by atoms with Gasteiger partial charge in [0.25, 0.3) is 0 Å². The predicted molar refractivity (Wildman–Crippen MR) is 61.1 cm³/mol. The molecule has 1 aromatic heterocycles. The lowest BCUT2D eigenvalue weighted by atomic mass is 10.2. The molecule has 1 fully saturated rings. The Morgan fingerprint density at radius 2 is 2.50 bits per heavy atom. The summed E-state index contributed by atoms with van der Waals surface area (Å²) in [5, 5.41) is 4.23. The molecule has 2 rings (SSSR count). The van der Waals surface area contributed by atoms with E-state index in [1.165, 1.54) is 18.4 Å².